The van der Waals surface area contributed by atoms with Crippen molar-refractivity contribution >= 4 is 21.6 Å². The second-order valence-electron chi connectivity index (χ2n) is 4.81. The monoisotopic (exact) mass is 315 g/mol. The molecular formula is C13H21N3O2S2. The molecule has 2 N–H and O–H groups in total. The summed E-state index contributed by atoms with van der Waals surface area (Å²) in [6, 6.07) is 3.88. The predicted molar refractivity (Wildman–Crippen MR) is 83.1 cm³/mol. The number of hydrogen-bond acceptors (Lipinski definition) is 6. The van der Waals surface area contributed by atoms with Gasteiger partial charge in [0, 0.05) is 43.1 Å². The average molecular weight is 315 g/mol. The van der Waals surface area contributed by atoms with E-state index < -0.39 is 9.84 Å². The normalized spacial score (nSPS) is 21.0. The smallest absolute Gasteiger partial charge is 0.166 e. The van der Waals surface area contributed by atoms with Gasteiger partial charge in [-0.1, -0.05) is 13.0 Å². The Morgan fingerprint density at radius 2 is 2.30 bits per heavy atom. The average Bonchev–Trinajstić information content (AvgIpc) is 2.48. The van der Waals surface area contributed by atoms with Crippen LogP contribution in [0.3, 0.4) is 0 Å². The minimum Gasteiger partial charge on any atom is -0.326 e. The van der Waals surface area contributed by atoms with Gasteiger partial charge in [-0.05, 0) is 11.6 Å². The number of rotatable bonds is 5. The van der Waals surface area contributed by atoms with Crippen molar-refractivity contribution in [2.24, 2.45) is 5.73 Å². The van der Waals surface area contributed by atoms with Gasteiger partial charge in [-0.15, -0.1) is 0 Å². The molecule has 0 radical (unpaired) electrons. The highest BCUT2D eigenvalue weighted by Crippen LogP contribution is 2.23. The fourth-order valence-electron chi connectivity index (χ4n) is 2.20. The van der Waals surface area contributed by atoms with Crippen LogP contribution >= 0.6 is 11.8 Å². The summed E-state index contributed by atoms with van der Waals surface area (Å²) in [5, 5.41) is -0.387. The molecule has 1 aromatic heterocycles. The minimum absolute atomic E-state index is 0.189. The third-order valence-corrected chi connectivity index (χ3v) is 6.83. The zero-order chi connectivity index (χ0) is 14.6. The highest BCUT2D eigenvalue weighted by Gasteiger charge is 2.32. The lowest BCUT2D eigenvalue weighted by molar-refractivity contribution is 0.258. The Balaban J connectivity index is 2.12. The van der Waals surface area contributed by atoms with Gasteiger partial charge in [0.25, 0.3) is 0 Å². The van der Waals surface area contributed by atoms with E-state index in [1.165, 1.54) is 0 Å². The SMILES string of the molecule is CCS(=O)(=O)C1CSCCN1Cc1ccc(CN)cn1. The van der Waals surface area contributed by atoms with Crippen LogP contribution in [0.1, 0.15) is 18.2 Å². The fourth-order valence-corrected chi connectivity index (χ4v) is 5.28. The Hall–Kier alpha value is -0.630. The molecule has 1 atom stereocenters. The highest BCUT2D eigenvalue weighted by molar-refractivity contribution is 8.01. The molecule has 1 aromatic rings. The van der Waals surface area contributed by atoms with Crippen molar-refractivity contribution in [2.75, 3.05) is 23.8 Å². The highest BCUT2D eigenvalue weighted by atomic mass is 32.2. The van der Waals surface area contributed by atoms with Gasteiger partial charge < -0.3 is 5.73 Å². The molecule has 0 spiro atoms. The minimum atomic E-state index is -3.05. The standard InChI is InChI=1S/C13H21N3O2S2/c1-2-20(17,18)13-10-19-6-5-16(13)9-12-4-3-11(7-14)8-15-12/h3-4,8,13H,2,5-7,9-10,14H2,1H3. The molecule has 1 unspecified atom stereocenters. The summed E-state index contributed by atoms with van der Waals surface area (Å²) < 4.78 is 24.3. The molecule has 0 aliphatic carbocycles. The van der Waals surface area contributed by atoms with Crippen molar-refractivity contribution in [1.29, 1.82) is 0 Å². The quantitative estimate of drug-likeness (QED) is 0.868. The molecule has 1 aliphatic heterocycles. The van der Waals surface area contributed by atoms with E-state index in [1.54, 1.807) is 24.9 Å². The van der Waals surface area contributed by atoms with Gasteiger partial charge in [-0.3, -0.25) is 9.88 Å². The van der Waals surface area contributed by atoms with Gasteiger partial charge >= 0.3 is 0 Å². The Bertz CT molecular complexity index is 531. The van der Waals surface area contributed by atoms with E-state index >= 15 is 0 Å². The van der Waals surface area contributed by atoms with Crippen molar-refractivity contribution in [1.82, 2.24) is 9.88 Å². The van der Waals surface area contributed by atoms with Crippen molar-refractivity contribution in [3.63, 3.8) is 0 Å². The molecule has 0 amide bonds. The molecule has 0 aromatic carbocycles. The maximum absolute atomic E-state index is 12.2. The number of thioether (sulfide) groups is 1. The first-order chi connectivity index (χ1) is 9.56. The van der Waals surface area contributed by atoms with E-state index in [1.807, 2.05) is 17.0 Å². The number of hydrogen-bond donors (Lipinski definition) is 1. The van der Waals surface area contributed by atoms with Crippen molar-refractivity contribution < 1.29 is 8.42 Å². The molecule has 2 heterocycles. The number of aromatic nitrogens is 1. The zero-order valence-electron chi connectivity index (χ0n) is 11.7. The summed E-state index contributed by atoms with van der Waals surface area (Å²) in [4.78, 5) is 6.39. The van der Waals surface area contributed by atoms with Crippen LogP contribution in [0.4, 0.5) is 0 Å². The van der Waals surface area contributed by atoms with Crippen molar-refractivity contribution in [3.05, 3.63) is 29.6 Å². The maximum atomic E-state index is 12.2. The van der Waals surface area contributed by atoms with E-state index in [2.05, 4.69) is 4.98 Å². The first-order valence-electron chi connectivity index (χ1n) is 6.74. The second-order valence-corrected chi connectivity index (χ2v) is 8.41. The van der Waals surface area contributed by atoms with Crippen LogP contribution in [0.15, 0.2) is 18.3 Å². The van der Waals surface area contributed by atoms with Gasteiger partial charge in [0.05, 0.1) is 5.69 Å². The van der Waals surface area contributed by atoms with Crippen LogP contribution in [0, 0.1) is 0 Å². The fraction of sp³-hybridized carbons (Fsp3) is 0.615. The van der Waals surface area contributed by atoms with Crippen LogP contribution in [0.5, 0.6) is 0 Å². The lowest BCUT2D eigenvalue weighted by Gasteiger charge is -2.34. The molecule has 112 valence electrons. The number of nitrogens with two attached hydrogens (primary N) is 1. The first-order valence-corrected chi connectivity index (χ1v) is 9.61. The molecule has 0 saturated carbocycles. The third-order valence-electron chi connectivity index (χ3n) is 3.49. The van der Waals surface area contributed by atoms with Crippen molar-refractivity contribution in [3.8, 4) is 0 Å². The number of nitrogens with zero attached hydrogens (tertiary/aromatic N) is 2. The van der Waals surface area contributed by atoms with Crippen LogP contribution in [0.2, 0.25) is 0 Å². The third kappa shape index (κ3) is 3.72. The lowest BCUT2D eigenvalue weighted by atomic mass is 10.2. The lowest BCUT2D eigenvalue weighted by Crippen LogP contribution is -2.47. The topological polar surface area (TPSA) is 76.3 Å². The molecule has 1 fully saturated rings. The molecule has 5 nitrogen and oxygen atoms in total. The molecule has 0 bridgehead atoms. The van der Waals surface area contributed by atoms with E-state index in [4.69, 9.17) is 5.73 Å². The first kappa shape index (κ1) is 15.8. The van der Waals surface area contributed by atoms with Crippen LogP contribution in [0.25, 0.3) is 0 Å². The molecule has 1 saturated heterocycles. The Morgan fingerprint density at radius 1 is 1.50 bits per heavy atom. The van der Waals surface area contributed by atoms with Gasteiger partial charge in [-0.25, -0.2) is 8.42 Å². The molecular weight excluding hydrogens is 294 g/mol. The predicted octanol–water partition coefficient (Wildman–Crippen LogP) is 0.850. The maximum Gasteiger partial charge on any atom is 0.166 e. The summed E-state index contributed by atoms with van der Waals surface area (Å²) in [5.41, 5.74) is 7.43. The van der Waals surface area contributed by atoms with E-state index in [-0.39, 0.29) is 11.1 Å². The second kappa shape index (κ2) is 6.89. The zero-order valence-corrected chi connectivity index (χ0v) is 13.3. The largest absolute Gasteiger partial charge is 0.326 e. The number of sulfone groups is 1. The Morgan fingerprint density at radius 3 is 2.90 bits per heavy atom. The van der Waals surface area contributed by atoms with Gasteiger partial charge in [0.1, 0.15) is 5.37 Å². The Kier molecular flexibility index (Phi) is 5.42. The molecule has 2 rings (SSSR count). The van der Waals surface area contributed by atoms with Gasteiger partial charge in [0.15, 0.2) is 9.84 Å². The van der Waals surface area contributed by atoms with Crippen LogP contribution in [-0.2, 0) is 22.9 Å². The molecule has 7 heteroatoms. The van der Waals surface area contributed by atoms with Crippen LogP contribution in [-0.4, -0.2) is 47.5 Å². The summed E-state index contributed by atoms with van der Waals surface area (Å²) in [6.45, 7) is 3.55. The summed E-state index contributed by atoms with van der Waals surface area (Å²) in [5.74, 6) is 1.81. The Labute approximate surface area is 124 Å². The van der Waals surface area contributed by atoms with Gasteiger partial charge in [0.2, 0.25) is 0 Å². The molecule has 1 aliphatic rings. The van der Waals surface area contributed by atoms with E-state index in [0.717, 1.165) is 23.6 Å². The summed E-state index contributed by atoms with van der Waals surface area (Å²) in [6.07, 6.45) is 1.76. The van der Waals surface area contributed by atoms with E-state index in [9.17, 15) is 8.42 Å². The van der Waals surface area contributed by atoms with Crippen LogP contribution < -0.4 is 5.73 Å². The van der Waals surface area contributed by atoms with Gasteiger partial charge in [-0.2, -0.15) is 11.8 Å². The van der Waals surface area contributed by atoms with E-state index in [0.29, 0.717) is 18.8 Å². The summed E-state index contributed by atoms with van der Waals surface area (Å²) >= 11 is 1.71. The van der Waals surface area contributed by atoms with Crippen molar-refractivity contribution in [2.45, 2.75) is 25.4 Å². The summed E-state index contributed by atoms with van der Waals surface area (Å²) in [7, 11) is -3.05. The number of pyridine rings is 1. The molecule has 20 heavy (non-hydrogen) atoms.